The van der Waals surface area contributed by atoms with Crippen LogP contribution in [0.1, 0.15) is 53.8 Å². The van der Waals surface area contributed by atoms with Gasteiger partial charge in [-0.1, -0.05) is 74.5 Å². The van der Waals surface area contributed by atoms with Crippen molar-refractivity contribution in [3.63, 3.8) is 0 Å². The van der Waals surface area contributed by atoms with Crippen molar-refractivity contribution in [3.05, 3.63) is 105 Å². The highest BCUT2D eigenvalue weighted by atomic mass is 32.1. The zero-order valence-electron chi connectivity index (χ0n) is 18.5. The maximum atomic E-state index is 8.32. The highest BCUT2D eigenvalue weighted by Gasteiger charge is 2.22. The van der Waals surface area contributed by atoms with E-state index in [4.69, 9.17) is 5.26 Å². The molecule has 4 heteroatoms. The Labute approximate surface area is 193 Å². The zero-order chi connectivity index (χ0) is 22.3. The summed E-state index contributed by atoms with van der Waals surface area (Å²) in [6.07, 6.45) is 8.65. The Bertz CT molecular complexity index is 1120. The van der Waals surface area contributed by atoms with E-state index in [1.165, 1.54) is 44.5 Å². The Hall–Kier alpha value is -2.92. The lowest BCUT2D eigenvalue weighted by Crippen LogP contribution is -2.04. The molecule has 32 heavy (non-hydrogen) atoms. The third-order valence-corrected chi connectivity index (χ3v) is 6.99. The fraction of sp³-hybridized carbons (Fsp3) is 0.214. The third-order valence-electron chi connectivity index (χ3n) is 6.06. The van der Waals surface area contributed by atoms with Crippen LogP contribution in [0.25, 0.3) is 23.3 Å². The van der Waals surface area contributed by atoms with Crippen molar-refractivity contribution in [1.82, 2.24) is 0 Å². The van der Waals surface area contributed by atoms with Gasteiger partial charge in [0.2, 0.25) is 0 Å². The van der Waals surface area contributed by atoms with Crippen molar-refractivity contribution in [2.24, 2.45) is 5.92 Å². The fourth-order valence-corrected chi connectivity index (χ4v) is 5.24. The highest BCUT2D eigenvalue weighted by Crippen LogP contribution is 2.42. The lowest BCUT2D eigenvalue weighted by Gasteiger charge is -2.22. The average Bonchev–Trinajstić information content (AvgIpc) is 3.30. The van der Waals surface area contributed by atoms with Gasteiger partial charge in [0.25, 0.3) is 0 Å². The first-order valence-corrected chi connectivity index (χ1v) is 11.9. The molecule has 4 rings (SSSR count). The SMILES string of the molecule is CC/C(=C(\C1=Cc2ccccc2CCC1C)c1ccc(/C=C/OOO)cc1)c1cccs1. The minimum atomic E-state index is 0.452. The molecule has 3 aromatic rings. The van der Waals surface area contributed by atoms with Gasteiger partial charge in [-0.25, -0.2) is 5.26 Å². The highest BCUT2D eigenvalue weighted by molar-refractivity contribution is 7.11. The first-order chi connectivity index (χ1) is 15.7. The molecule has 0 fully saturated rings. The Morgan fingerprint density at radius 2 is 1.91 bits per heavy atom. The molecular formula is C28H28O3S. The van der Waals surface area contributed by atoms with E-state index in [0.29, 0.717) is 5.92 Å². The van der Waals surface area contributed by atoms with Gasteiger partial charge in [0.05, 0.1) is 0 Å². The Balaban J connectivity index is 1.87. The largest absolute Gasteiger partial charge is 0.316 e. The molecule has 1 aliphatic rings. The maximum Gasteiger partial charge on any atom is 0.133 e. The van der Waals surface area contributed by atoms with Gasteiger partial charge in [-0.15, -0.1) is 11.3 Å². The molecular weight excluding hydrogens is 416 g/mol. The van der Waals surface area contributed by atoms with Crippen molar-refractivity contribution in [1.29, 1.82) is 0 Å². The van der Waals surface area contributed by atoms with Crippen LogP contribution in [-0.2, 0) is 16.3 Å². The van der Waals surface area contributed by atoms with Gasteiger partial charge in [-0.3, -0.25) is 0 Å². The van der Waals surface area contributed by atoms with Crippen LogP contribution >= 0.6 is 11.3 Å². The summed E-state index contributed by atoms with van der Waals surface area (Å²) in [6.45, 7) is 4.59. The molecule has 1 N–H and O–H groups in total. The number of fused-ring (bicyclic) bond motifs is 1. The van der Waals surface area contributed by atoms with Crippen LogP contribution in [0.5, 0.6) is 0 Å². The van der Waals surface area contributed by atoms with E-state index >= 15 is 0 Å². The van der Waals surface area contributed by atoms with Crippen LogP contribution < -0.4 is 0 Å². The van der Waals surface area contributed by atoms with Crippen LogP contribution in [0, 0.1) is 5.92 Å². The van der Waals surface area contributed by atoms with Gasteiger partial charge in [-0.05, 0) is 86.7 Å². The summed E-state index contributed by atoms with van der Waals surface area (Å²) in [7, 11) is 0. The smallest absolute Gasteiger partial charge is 0.133 e. The maximum absolute atomic E-state index is 8.32. The molecule has 0 spiro atoms. The predicted octanol–water partition coefficient (Wildman–Crippen LogP) is 8.13. The number of benzene rings is 2. The van der Waals surface area contributed by atoms with Gasteiger partial charge >= 0.3 is 0 Å². The van der Waals surface area contributed by atoms with Gasteiger partial charge < -0.3 is 4.89 Å². The second kappa shape index (κ2) is 10.6. The molecule has 0 bridgehead atoms. The normalized spacial score (nSPS) is 16.8. The van der Waals surface area contributed by atoms with Crippen LogP contribution in [0.3, 0.4) is 0 Å². The second-order valence-electron chi connectivity index (χ2n) is 8.02. The molecule has 2 aromatic carbocycles. The number of thiophene rings is 1. The molecule has 1 aromatic heterocycles. The number of hydrogen-bond acceptors (Lipinski definition) is 4. The summed E-state index contributed by atoms with van der Waals surface area (Å²) < 4.78 is 0. The molecule has 0 amide bonds. The summed E-state index contributed by atoms with van der Waals surface area (Å²) in [5.41, 5.74) is 9.06. The molecule has 1 heterocycles. The van der Waals surface area contributed by atoms with Crippen molar-refractivity contribution in [2.75, 3.05) is 0 Å². The molecule has 1 atom stereocenters. The summed E-state index contributed by atoms with van der Waals surface area (Å²) >= 11 is 1.80. The minimum Gasteiger partial charge on any atom is -0.316 e. The van der Waals surface area contributed by atoms with Crippen molar-refractivity contribution < 1.29 is 15.2 Å². The topological polar surface area (TPSA) is 38.7 Å². The third kappa shape index (κ3) is 4.94. The van der Waals surface area contributed by atoms with Gasteiger partial charge in [0.15, 0.2) is 0 Å². The quantitative estimate of drug-likeness (QED) is 0.227. The molecule has 0 saturated heterocycles. The Morgan fingerprint density at radius 3 is 2.62 bits per heavy atom. The minimum absolute atomic E-state index is 0.452. The number of allylic oxidation sites excluding steroid dienone is 3. The average molecular weight is 445 g/mol. The molecule has 0 saturated carbocycles. The molecule has 164 valence electrons. The van der Waals surface area contributed by atoms with Crippen molar-refractivity contribution >= 4 is 34.6 Å². The van der Waals surface area contributed by atoms with Crippen LogP contribution in [0.15, 0.2) is 77.9 Å². The number of hydrogen-bond donors (Lipinski definition) is 1. The standard InChI is InChI=1S/C28H28O3S/c1-3-25(27-9-6-18-32-27)28(23-14-11-21(12-15-23)16-17-30-31-29)26-19-24-8-5-4-7-22(24)13-10-20(26)2/h4-9,11-12,14-20,29H,3,10,13H2,1-2H3/b17-16+,28-25+. The molecule has 1 unspecified atom stereocenters. The van der Waals surface area contributed by atoms with Crippen LogP contribution in [0.2, 0.25) is 0 Å². The first-order valence-electron chi connectivity index (χ1n) is 11.0. The van der Waals surface area contributed by atoms with Gasteiger partial charge in [-0.2, -0.15) is 0 Å². The Morgan fingerprint density at radius 1 is 1.09 bits per heavy atom. The predicted molar refractivity (Wildman–Crippen MR) is 134 cm³/mol. The Kier molecular flexibility index (Phi) is 7.38. The summed E-state index contributed by atoms with van der Waals surface area (Å²) in [5.74, 6) is 0.452. The van der Waals surface area contributed by atoms with E-state index in [1.807, 2.05) is 0 Å². The van der Waals surface area contributed by atoms with Gasteiger partial charge in [0, 0.05) is 4.88 Å². The van der Waals surface area contributed by atoms with Crippen LogP contribution in [0.4, 0.5) is 0 Å². The van der Waals surface area contributed by atoms with Gasteiger partial charge in [0.1, 0.15) is 6.26 Å². The van der Waals surface area contributed by atoms with Crippen LogP contribution in [-0.4, -0.2) is 5.26 Å². The van der Waals surface area contributed by atoms with E-state index in [9.17, 15) is 0 Å². The molecule has 1 aliphatic carbocycles. The molecule has 0 radical (unpaired) electrons. The molecule has 3 nitrogen and oxygen atoms in total. The lowest BCUT2D eigenvalue weighted by molar-refractivity contribution is -0.465. The second-order valence-corrected chi connectivity index (χ2v) is 8.97. The monoisotopic (exact) mass is 444 g/mol. The summed E-state index contributed by atoms with van der Waals surface area (Å²) in [6, 6.07) is 21.6. The van der Waals surface area contributed by atoms with E-state index in [1.54, 1.807) is 17.4 Å². The van der Waals surface area contributed by atoms with E-state index in [2.05, 4.69) is 95.9 Å². The number of rotatable bonds is 7. The lowest BCUT2D eigenvalue weighted by atomic mass is 9.83. The van der Waals surface area contributed by atoms with E-state index < -0.39 is 0 Å². The zero-order valence-corrected chi connectivity index (χ0v) is 19.3. The fourth-order valence-electron chi connectivity index (χ4n) is 4.39. The van der Waals surface area contributed by atoms with Crippen molar-refractivity contribution in [2.45, 2.75) is 33.1 Å². The first kappa shape index (κ1) is 22.3. The molecule has 0 aliphatic heterocycles. The van der Waals surface area contributed by atoms with E-state index in [0.717, 1.165) is 24.8 Å². The summed E-state index contributed by atoms with van der Waals surface area (Å²) in [4.78, 5) is 5.76. The summed E-state index contributed by atoms with van der Waals surface area (Å²) in [5, 5.41) is 14.1. The van der Waals surface area contributed by atoms with Crippen molar-refractivity contribution in [3.8, 4) is 0 Å². The number of aryl methyl sites for hydroxylation is 1. The van der Waals surface area contributed by atoms with E-state index in [-0.39, 0.29) is 0 Å².